The lowest BCUT2D eigenvalue weighted by atomic mass is 10.2. The predicted molar refractivity (Wildman–Crippen MR) is 65.8 cm³/mol. The monoisotopic (exact) mass is 248 g/mol. The molecule has 1 heterocycles. The van der Waals surface area contributed by atoms with Crippen LogP contribution in [0.5, 0.6) is 11.6 Å². The van der Waals surface area contributed by atoms with Crippen molar-refractivity contribution in [2.75, 3.05) is 5.43 Å². The van der Waals surface area contributed by atoms with E-state index in [1.807, 2.05) is 0 Å². The summed E-state index contributed by atoms with van der Waals surface area (Å²) in [6.07, 6.45) is 1.30. The van der Waals surface area contributed by atoms with E-state index >= 15 is 0 Å². The molecule has 2 aromatic rings. The van der Waals surface area contributed by atoms with Gasteiger partial charge >= 0.3 is 0 Å². The first-order valence-electron chi connectivity index (χ1n) is 5.34. The van der Waals surface area contributed by atoms with E-state index in [0.717, 1.165) is 0 Å². The topological polar surface area (TPSA) is 73.1 Å². The van der Waals surface area contributed by atoms with Crippen molar-refractivity contribution in [1.82, 2.24) is 9.97 Å². The van der Waals surface area contributed by atoms with Gasteiger partial charge in [0.15, 0.2) is 11.6 Å². The molecule has 0 fully saturated rings. The smallest absolute Gasteiger partial charge is 0.227 e. The first kappa shape index (κ1) is 12.3. The Kier molecular flexibility index (Phi) is 3.38. The van der Waals surface area contributed by atoms with E-state index in [9.17, 15) is 4.39 Å². The number of hydrogen-bond donors (Lipinski definition) is 2. The van der Waals surface area contributed by atoms with Crippen molar-refractivity contribution in [2.45, 2.75) is 13.8 Å². The number of aromatic nitrogens is 2. The maximum absolute atomic E-state index is 13.8. The number of aryl methyl sites for hydroxylation is 1. The number of halogens is 1. The Balaban J connectivity index is 2.37. The highest BCUT2D eigenvalue weighted by atomic mass is 19.1. The lowest BCUT2D eigenvalue weighted by Crippen LogP contribution is -2.11. The highest BCUT2D eigenvalue weighted by molar-refractivity contribution is 5.48. The largest absolute Gasteiger partial charge is 0.435 e. The van der Waals surface area contributed by atoms with Gasteiger partial charge in [0.25, 0.3) is 0 Å². The zero-order valence-electron chi connectivity index (χ0n) is 10.1. The Bertz CT molecular complexity index is 574. The van der Waals surface area contributed by atoms with Gasteiger partial charge in [-0.3, -0.25) is 0 Å². The van der Waals surface area contributed by atoms with Crippen LogP contribution in [-0.2, 0) is 0 Å². The Labute approximate surface area is 104 Å². The zero-order chi connectivity index (χ0) is 13.1. The number of ether oxygens (including phenoxy) is 1. The third kappa shape index (κ3) is 2.23. The van der Waals surface area contributed by atoms with E-state index in [4.69, 9.17) is 10.6 Å². The van der Waals surface area contributed by atoms with Gasteiger partial charge in [0.1, 0.15) is 12.1 Å². The quantitative estimate of drug-likeness (QED) is 0.644. The maximum Gasteiger partial charge on any atom is 0.227 e. The van der Waals surface area contributed by atoms with Crippen molar-refractivity contribution in [3.8, 4) is 11.6 Å². The van der Waals surface area contributed by atoms with Crippen LogP contribution in [0.25, 0.3) is 0 Å². The van der Waals surface area contributed by atoms with Crippen molar-refractivity contribution in [3.63, 3.8) is 0 Å². The molecule has 0 spiro atoms. The van der Waals surface area contributed by atoms with Crippen molar-refractivity contribution in [3.05, 3.63) is 41.5 Å². The van der Waals surface area contributed by atoms with E-state index in [0.29, 0.717) is 16.9 Å². The average molecular weight is 248 g/mol. The first-order chi connectivity index (χ1) is 8.63. The summed E-state index contributed by atoms with van der Waals surface area (Å²) in [7, 11) is 0. The molecule has 0 amide bonds. The van der Waals surface area contributed by atoms with E-state index < -0.39 is 5.82 Å². The van der Waals surface area contributed by atoms with Crippen LogP contribution in [0.2, 0.25) is 0 Å². The van der Waals surface area contributed by atoms with E-state index in [1.165, 1.54) is 6.33 Å². The summed E-state index contributed by atoms with van der Waals surface area (Å²) in [6.45, 7) is 3.40. The molecule has 0 saturated carbocycles. The summed E-state index contributed by atoms with van der Waals surface area (Å²) in [5.41, 5.74) is 3.55. The molecule has 0 aliphatic rings. The van der Waals surface area contributed by atoms with Crippen molar-refractivity contribution < 1.29 is 9.13 Å². The molecular formula is C12H13FN4O. The van der Waals surface area contributed by atoms with Crippen molar-refractivity contribution >= 4 is 5.82 Å². The van der Waals surface area contributed by atoms with Crippen LogP contribution in [-0.4, -0.2) is 9.97 Å². The summed E-state index contributed by atoms with van der Waals surface area (Å²) < 4.78 is 19.2. The molecule has 0 unspecified atom stereocenters. The summed E-state index contributed by atoms with van der Waals surface area (Å²) >= 11 is 0. The first-order valence-corrected chi connectivity index (χ1v) is 5.34. The third-order valence-electron chi connectivity index (χ3n) is 2.54. The van der Waals surface area contributed by atoms with Gasteiger partial charge in [-0.15, -0.1) is 0 Å². The van der Waals surface area contributed by atoms with Gasteiger partial charge < -0.3 is 10.2 Å². The van der Waals surface area contributed by atoms with Crippen molar-refractivity contribution in [2.24, 2.45) is 5.84 Å². The van der Waals surface area contributed by atoms with Crippen molar-refractivity contribution in [1.29, 1.82) is 0 Å². The number of nitrogens with one attached hydrogen (secondary N) is 1. The molecule has 3 N–H and O–H groups in total. The Morgan fingerprint density at radius 1 is 1.28 bits per heavy atom. The molecule has 94 valence electrons. The molecule has 1 aromatic heterocycles. The van der Waals surface area contributed by atoms with Crippen LogP contribution in [0, 0.1) is 19.7 Å². The molecular weight excluding hydrogens is 235 g/mol. The second kappa shape index (κ2) is 4.97. The van der Waals surface area contributed by atoms with Gasteiger partial charge in [0.2, 0.25) is 5.88 Å². The molecule has 0 aliphatic heterocycles. The number of benzene rings is 1. The minimum absolute atomic E-state index is 0.125. The van der Waals surface area contributed by atoms with E-state index in [-0.39, 0.29) is 11.6 Å². The van der Waals surface area contributed by atoms with Crippen LogP contribution >= 0.6 is 0 Å². The lowest BCUT2D eigenvalue weighted by Gasteiger charge is -2.11. The minimum Gasteiger partial charge on any atom is -0.435 e. The average Bonchev–Trinajstić information content (AvgIpc) is 2.37. The normalized spacial score (nSPS) is 10.2. The van der Waals surface area contributed by atoms with Crippen LogP contribution in [0.1, 0.15) is 11.1 Å². The minimum atomic E-state index is -0.405. The van der Waals surface area contributed by atoms with Gasteiger partial charge in [-0.25, -0.2) is 20.2 Å². The highest BCUT2D eigenvalue weighted by Crippen LogP contribution is 2.28. The van der Waals surface area contributed by atoms with Crippen LogP contribution in [0.3, 0.4) is 0 Å². The van der Waals surface area contributed by atoms with E-state index in [1.54, 1.807) is 32.0 Å². The predicted octanol–water partition coefficient (Wildman–Crippen LogP) is 2.31. The van der Waals surface area contributed by atoms with Crippen LogP contribution in [0.4, 0.5) is 10.2 Å². The van der Waals surface area contributed by atoms with Crippen LogP contribution < -0.4 is 16.0 Å². The summed E-state index contributed by atoms with van der Waals surface area (Å²) in [5.74, 6) is 5.72. The summed E-state index contributed by atoms with van der Waals surface area (Å²) in [4.78, 5) is 7.88. The number of nitrogens with zero attached hydrogens (tertiary/aromatic N) is 2. The second-order valence-corrected chi connectivity index (χ2v) is 3.79. The van der Waals surface area contributed by atoms with Crippen LogP contribution in [0.15, 0.2) is 24.5 Å². The molecule has 0 atom stereocenters. The van der Waals surface area contributed by atoms with Gasteiger partial charge in [0, 0.05) is 0 Å². The zero-order valence-corrected chi connectivity index (χ0v) is 10.1. The SMILES string of the molecule is Cc1cccc(Oc2ncnc(NN)c2C)c1F. The Hall–Kier alpha value is -2.21. The molecule has 0 bridgehead atoms. The van der Waals surface area contributed by atoms with Gasteiger partial charge in [-0.1, -0.05) is 12.1 Å². The number of hydrazine groups is 1. The molecule has 5 nitrogen and oxygen atoms in total. The molecule has 18 heavy (non-hydrogen) atoms. The van der Waals surface area contributed by atoms with Gasteiger partial charge in [0.05, 0.1) is 5.56 Å². The van der Waals surface area contributed by atoms with Gasteiger partial charge in [-0.05, 0) is 25.5 Å². The molecule has 2 rings (SSSR count). The number of hydrogen-bond acceptors (Lipinski definition) is 5. The van der Waals surface area contributed by atoms with E-state index in [2.05, 4.69) is 15.4 Å². The second-order valence-electron chi connectivity index (χ2n) is 3.79. The number of nitrogen functional groups attached to an aromatic ring is 1. The standard InChI is InChI=1S/C12H13FN4O/c1-7-4-3-5-9(10(7)13)18-12-8(2)11(17-14)15-6-16-12/h3-6H,14H2,1-2H3,(H,15,16,17). The number of rotatable bonds is 3. The summed E-state index contributed by atoms with van der Waals surface area (Å²) in [5, 5.41) is 0. The summed E-state index contributed by atoms with van der Waals surface area (Å²) in [6, 6.07) is 4.92. The lowest BCUT2D eigenvalue weighted by molar-refractivity contribution is 0.422. The van der Waals surface area contributed by atoms with Gasteiger partial charge in [-0.2, -0.15) is 0 Å². The fourth-order valence-electron chi connectivity index (χ4n) is 1.49. The Morgan fingerprint density at radius 2 is 2.06 bits per heavy atom. The molecule has 0 aliphatic carbocycles. The fraction of sp³-hybridized carbons (Fsp3) is 0.167. The molecule has 6 heteroatoms. The third-order valence-corrected chi connectivity index (χ3v) is 2.54. The highest BCUT2D eigenvalue weighted by Gasteiger charge is 2.12. The number of anilines is 1. The maximum atomic E-state index is 13.8. The fourth-order valence-corrected chi connectivity index (χ4v) is 1.49. The number of nitrogens with two attached hydrogens (primary N) is 1. The molecule has 1 aromatic carbocycles. The molecule has 0 radical (unpaired) electrons. The Morgan fingerprint density at radius 3 is 2.78 bits per heavy atom. The molecule has 0 saturated heterocycles.